The summed E-state index contributed by atoms with van der Waals surface area (Å²) in [7, 11) is 0. The highest BCUT2D eigenvalue weighted by molar-refractivity contribution is 8.01. The van der Waals surface area contributed by atoms with Gasteiger partial charge in [0.25, 0.3) is 0 Å². The molecule has 4 nitrogen and oxygen atoms in total. The summed E-state index contributed by atoms with van der Waals surface area (Å²) in [5, 5.41) is 2.85. The summed E-state index contributed by atoms with van der Waals surface area (Å²) in [5.74, 6) is 0.0575. The van der Waals surface area contributed by atoms with Gasteiger partial charge in [-0.3, -0.25) is 4.79 Å². The van der Waals surface area contributed by atoms with E-state index in [1.807, 2.05) is 18.6 Å². The molecule has 0 aliphatic rings. The van der Waals surface area contributed by atoms with Crippen LogP contribution in [0.5, 0.6) is 5.75 Å². The first-order valence-electron chi connectivity index (χ1n) is 4.85. The van der Waals surface area contributed by atoms with Gasteiger partial charge in [0, 0.05) is 17.4 Å². The molecular weight excluding hydrogens is 258 g/mol. The van der Waals surface area contributed by atoms with Gasteiger partial charge in [-0.15, -0.1) is 23.5 Å². The van der Waals surface area contributed by atoms with Crippen LogP contribution in [0.2, 0.25) is 0 Å². The molecule has 0 atom stereocenters. The molecule has 6 heteroatoms. The number of rotatable bonds is 5. The van der Waals surface area contributed by atoms with Crippen LogP contribution in [0.4, 0.5) is 0 Å². The Hall–Kier alpha value is -1.01. The minimum atomic E-state index is -0.397. The fourth-order valence-electron chi connectivity index (χ4n) is 1.39. The zero-order chi connectivity index (χ0) is 12.8. The largest absolute Gasteiger partial charge is 0.425 e. The lowest BCUT2D eigenvalue weighted by Crippen LogP contribution is -2.05. The molecule has 0 radical (unpaired) electrons. The summed E-state index contributed by atoms with van der Waals surface area (Å²) in [4.78, 5) is 23.3. The minimum Gasteiger partial charge on any atom is -0.425 e. The fourth-order valence-corrected chi connectivity index (χ4v) is 3.00. The van der Waals surface area contributed by atoms with Crippen molar-refractivity contribution in [3.05, 3.63) is 22.6 Å². The molecule has 0 aliphatic carbocycles. The molecule has 1 aromatic carbocycles. The monoisotopic (exact) mass is 271 g/mol. The smallest absolute Gasteiger partial charge is 0.308 e. The molecule has 92 valence electrons. The first-order valence-corrected chi connectivity index (χ1v) is 7.30. The van der Waals surface area contributed by atoms with E-state index in [1.54, 1.807) is 17.8 Å². The number of thioether (sulfide) groups is 2. The summed E-state index contributed by atoms with van der Waals surface area (Å²) in [6.45, 7) is 1.35. The average Bonchev–Trinajstić information content (AvgIpc) is 2.30. The maximum absolute atomic E-state index is 11.1. The van der Waals surface area contributed by atoms with E-state index in [4.69, 9.17) is 4.74 Å². The number of benzene rings is 1. The number of ether oxygens (including phenoxy) is 1. The van der Waals surface area contributed by atoms with Crippen molar-refractivity contribution in [2.45, 2.75) is 23.3 Å². The summed E-state index contributed by atoms with van der Waals surface area (Å²) >= 11 is 3.05. The quantitative estimate of drug-likeness (QED) is 0.356. The Morgan fingerprint density at radius 1 is 1.35 bits per heavy atom. The standard InChI is InChI=1S/C11H13NO3S2/c1-7(13)15-10-8(6-12-14)4-5-9(16-2)11(10)17-3/h4-5H,6H2,1-3H3. The molecule has 0 bridgehead atoms. The Morgan fingerprint density at radius 3 is 2.53 bits per heavy atom. The van der Waals surface area contributed by atoms with Gasteiger partial charge in [0.15, 0.2) is 5.75 Å². The van der Waals surface area contributed by atoms with Crippen LogP contribution in [0.3, 0.4) is 0 Å². The third kappa shape index (κ3) is 3.47. The van der Waals surface area contributed by atoms with Gasteiger partial charge in [0.2, 0.25) is 0 Å². The number of carbonyl (C=O) groups excluding carboxylic acids is 1. The number of hydrogen-bond acceptors (Lipinski definition) is 6. The van der Waals surface area contributed by atoms with Crippen LogP contribution in [0.1, 0.15) is 12.5 Å². The molecule has 0 spiro atoms. The van der Waals surface area contributed by atoms with Gasteiger partial charge in [0.1, 0.15) is 6.54 Å². The van der Waals surface area contributed by atoms with Gasteiger partial charge < -0.3 is 4.74 Å². The molecule has 0 N–H and O–H groups in total. The van der Waals surface area contributed by atoms with Crippen LogP contribution in [-0.2, 0) is 11.3 Å². The molecule has 17 heavy (non-hydrogen) atoms. The Labute approximate surface area is 108 Å². The minimum absolute atomic E-state index is 0.00480. The zero-order valence-corrected chi connectivity index (χ0v) is 11.5. The van der Waals surface area contributed by atoms with Gasteiger partial charge in [-0.25, -0.2) is 0 Å². The second-order valence-corrected chi connectivity index (χ2v) is 4.83. The Balaban J connectivity index is 3.32. The molecule has 0 aliphatic heterocycles. The summed E-state index contributed by atoms with van der Waals surface area (Å²) in [6, 6.07) is 3.68. The third-order valence-corrected chi connectivity index (χ3v) is 3.79. The van der Waals surface area contributed by atoms with E-state index in [9.17, 15) is 9.70 Å². The summed E-state index contributed by atoms with van der Waals surface area (Å²) in [6.07, 6.45) is 3.85. The van der Waals surface area contributed by atoms with Gasteiger partial charge in [-0.2, -0.15) is 4.91 Å². The second-order valence-electron chi connectivity index (χ2n) is 3.17. The van der Waals surface area contributed by atoms with Crippen LogP contribution in [0.15, 0.2) is 27.1 Å². The Morgan fingerprint density at radius 2 is 2.06 bits per heavy atom. The molecule has 0 fully saturated rings. The van der Waals surface area contributed by atoms with E-state index in [-0.39, 0.29) is 6.54 Å². The number of esters is 1. The molecule has 0 saturated carbocycles. The molecule has 0 heterocycles. The van der Waals surface area contributed by atoms with Crippen molar-refractivity contribution in [2.24, 2.45) is 5.18 Å². The predicted octanol–water partition coefficient (Wildman–Crippen LogP) is 3.32. The van der Waals surface area contributed by atoms with Crippen molar-refractivity contribution >= 4 is 29.5 Å². The molecule has 0 unspecified atom stereocenters. The average molecular weight is 271 g/mol. The number of nitroso groups, excluding NO2 is 1. The Kier molecular flexibility index (Phi) is 5.50. The third-order valence-electron chi connectivity index (χ3n) is 2.06. The van der Waals surface area contributed by atoms with E-state index < -0.39 is 5.97 Å². The van der Waals surface area contributed by atoms with Gasteiger partial charge >= 0.3 is 5.97 Å². The van der Waals surface area contributed by atoms with Gasteiger partial charge in [0.05, 0.1) is 4.90 Å². The van der Waals surface area contributed by atoms with Crippen molar-refractivity contribution in [2.75, 3.05) is 12.5 Å². The molecule has 1 rings (SSSR count). The maximum Gasteiger partial charge on any atom is 0.308 e. The maximum atomic E-state index is 11.1. The lowest BCUT2D eigenvalue weighted by Gasteiger charge is -2.14. The van der Waals surface area contributed by atoms with E-state index in [2.05, 4.69) is 5.18 Å². The van der Waals surface area contributed by atoms with E-state index in [0.29, 0.717) is 11.3 Å². The zero-order valence-electron chi connectivity index (χ0n) is 9.85. The highest BCUT2D eigenvalue weighted by Crippen LogP contribution is 2.39. The summed E-state index contributed by atoms with van der Waals surface area (Å²) in [5.41, 5.74) is 0.636. The normalized spacial score (nSPS) is 10.1. The van der Waals surface area contributed by atoms with Crippen LogP contribution in [0, 0.1) is 4.91 Å². The van der Waals surface area contributed by atoms with Crippen molar-refractivity contribution in [3.63, 3.8) is 0 Å². The highest BCUT2D eigenvalue weighted by Gasteiger charge is 2.15. The SMILES string of the molecule is CSc1ccc(CN=O)c(OC(C)=O)c1SC. The van der Waals surface area contributed by atoms with Crippen molar-refractivity contribution in [1.29, 1.82) is 0 Å². The summed E-state index contributed by atoms with van der Waals surface area (Å²) < 4.78 is 5.19. The first kappa shape index (κ1) is 14.1. The van der Waals surface area contributed by atoms with Crippen molar-refractivity contribution in [3.8, 4) is 5.75 Å². The van der Waals surface area contributed by atoms with Crippen LogP contribution in [0.25, 0.3) is 0 Å². The van der Waals surface area contributed by atoms with Crippen molar-refractivity contribution < 1.29 is 9.53 Å². The van der Waals surface area contributed by atoms with Gasteiger partial charge in [-0.05, 0) is 18.6 Å². The molecule has 0 aromatic heterocycles. The number of nitrogens with zero attached hydrogens (tertiary/aromatic N) is 1. The molecule has 0 amide bonds. The van der Waals surface area contributed by atoms with Crippen molar-refractivity contribution in [1.82, 2.24) is 0 Å². The second kappa shape index (κ2) is 6.66. The van der Waals surface area contributed by atoms with Crippen LogP contribution < -0.4 is 4.74 Å². The lowest BCUT2D eigenvalue weighted by atomic mass is 10.2. The number of carbonyl (C=O) groups is 1. The van der Waals surface area contributed by atoms with Crippen LogP contribution >= 0.6 is 23.5 Å². The fraction of sp³-hybridized carbons (Fsp3) is 0.364. The van der Waals surface area contributed by atoms with Gasteiger partial charge in [-0.1, -0.05) is 11.2 Å². The lowest BCUT2D eigenvalue weighted by molar-refractivity contribution is -0.132. The van der Waals surface area contributed by atoms with E-state index >= 15 is 0 Å². The predicted molar refractivity (Wildman–Crippen MR) is 70.8 cm³/mol. The molecular formula is C11H13NO3S2. The first-order chi connectivity index (χ1) is 8.13. The number of hydrogen-bond donors (Lipinski definition) is 0. The van der Waals surface area contributed by atoms with E-state index in [1.165, 1.54) is 18.7 Å². The van der Waals surface area contributed by atoms with Crippen LogP contribution in [-0.4, -0.2) is 18.5 Å². The topological polar surface area (TPSA) is 55.7 Å². The van der Waals surface area contributed by atoms with E-state index in [0.717, 1.165) is 9.79 Å². The molecule has 0 saturated heterocycles. The highest BCUT2D eigenvalue weighted by atomic mass is 32.2. The Bertz CT molecular complexity index is 435. The molecule has 1 aromatic rings.